The van der Waals surface area contributed by atoms with E-state index in [1.54, 1.807) is 10.6 Å². The van der Waals surface area contributed by atoms with Crippen molar-refractivity contribution in [2.75, 3.05) is 13.1 Å². The van der Waals surface area contributed by atoms with Crippen LogP contribution in [0.15, 0.2) is 79.4 Å². The second kappa shape index (κ2) is 14.9. The number of likely N-dealkylation sites (tertiary alicyclic amines) is 1. The second-order valence-corrected chi connectivity index (χ2v) is 10.8. The molecule has 1 aromatic heterocycles. The molecule has 44 heavy (non-hydrogen) atoms. The normalized spacial score (nSPS) is 14.9. The number of allylic oxidation sites excluding steroid dienone is 2. The molecule has 230 valence electrons. The van der Waals surface area contributed by atoms with Gasteiger partial charge in [-0.15, -0.1) is 0 Å². The number of alkyl halides is 1. The number of benzene rings is 3. The smallest absolute Gasteiger partial charge is 0.253 e. The summed E-state index contributed by atoms with van der Waals surface area (Å²) in [6.45, 7) is 14.5. The van der Waals surface area contributed by atoms with Gasteiger partial charge in [-0.05, 0) is 103 Å². The molecule has 0 radical (unpaired) electrons. The lowest BCUT2D eigenvalue weighted by atomic mass is 9.90. The highest BCUT2D eigenvalue weighted by Crippen LogP contribution is 2.34. The number of hydrogen-bond acceptors (Lipinski definition) is 2. The Kier molecular flexibility index (Phi) is 11.0. The van der Waals surface area contributed by atoms with Gasteiger partial charge in [0.1, 0.15) is 11.6 Å². The Morgan fingerprint density at radius 3 is 2.45 bits per heavy atom. The maximum atomic E-state index is 14.7. The predicted molar refractivity (Wildman–Crippen MR) is 180 cm³/mol. The van der Waals surface area contributed by atoms with Crippen molar-refractivity contribution in [3.8, 4) is 0 Å². The van der Waals surface area contributed by atoms with E-state index < -0.39 is 6.30 Å². The summed E-state index contributed by atoms with van der Waals surface area (Å²) in [4.78, 5) is 20.3. The minimum Gasteiger partial charge on any atom is -0.339 e. The fraction of sp³-hybridized carbons (Fsp3) is 0.316. The van der Waals surface area contributed by atoms with Crippen LogP contribution in [-0.2, 0) is 0 Å². The molecule has 5 rings (SSSR count). The maximum absolute atomic E-state index is 14.7. The molecule has 4 aromatic rings. The van der Waals surface area contributed by atoms with Crippen molar-refractivity contribution < 1.29 is 13.6 Å². The Morgan fingerprint density at radius 2 is 1.80 bits per heavy atom. The summed E-state index contributed by atoms with van der Waals surface area (Å²) >= 11 is 0. The summed E-state index contributed by atoms with van der Waals surface area (Å²) in [5.74, 6) is 0.488. The number of halogens is 2. The van der Waals surface area contributed by atoms with Crippen molar-refractivity contribution in [2.45, 2.75) is 66.1 Å². The van der Waals surface area contributed by atoms with Crippen molar-refractivity contribution in [1.29, 1.82) is 0 Å². The zero-order valence-electron chi connectivity index (χ0n) is 26.5. The molecule has 0 aliphatic carbocycles. The van der Waals surface area contributed by atoms with E-state index in [9.17, 15) is 13.6 Å². The zero-order chi connectivity index (χ0) is 31.8. The highest BCUT2D eigenvalue weighted by atomic mass is 19.1. The van der Waals surface area contributed by atoms with Gasteiger partial charge >= 0.3 is 0 Å². The van der Waals surface area contributed by atoms with Gasteiger partial charge in [0, 0.05) is 24.6 Å². The summed E-state index contributed by atoms with van der Waals surface area (Å²) in [6.07, 6.45) is 8.68. The fourth-order valence-electron chi connectivity index (χ4n) is 5.98. The lowest BCUT2D eigenvalue weighted by Gasteiger charge is -2.32. The number of hydrogen-bond donors (Lipinski definition) is 0. The molecule has 1 aliphatic rings. The molecule has 1 unspecified atom stereocenters. The molecule has 4 nitrogen and oxygen atoms in total. The van der Waals surface area contributed by atoms with Gasteiger partial charge in [-0.25, -0.2) is 13.8 Å². The Balaban J connectivity index is 0.00000216. The highest BCUT2D eigenvalue weighted by Gasteiger charge is 2.29. The molecule has 0 spiro atoms. The number of rotatable bonds is 8. The number of fused-ring (bicyclic) bond motifs is 1. The van der Waals surface area contributed by atoms with Gasteiger partial charge in [-0.3, -0.25) is 9.36 Å². The third kappa shape index (κ3) is 6.91. The first-order valence-electron chi connectivity index (χ1n) is 15.7. The van der Waals surface area contributed by atoms with Crippen LogP contribution in [-0.4, -0.2) is 33.4 Å². The number of carbonyl (C=O) groups excluding carboxylic acids is 1. The Labute approximate surface area is 260 Å². The van der Waals surface area contributed by atoms with Crippen molar-refractivity contribution >= 4 is 34.7 Å². The molecule has 0 N–H and O–H groups in total. The van der Waals surface area contributed by atoms with Gasteiger partial charge in [0.05, 0.1) is 11.0 Å². The van der Waals surface area contributed by atoms with E-state index in [4.69, 9.17) is 4.98 Å². The summed E-state index contributed by atoms with van der Waals surface area (Å²) < 4.78 is 30.8. The van der Waals surface area contributed by atoms with E-state index in [1.165, 1.54) is 19.1 Å². The van der Waals surface area contributed by atoms with Gasteiger partial charge in [0.15, 0.2) is 6.30 Å². The first kappa shape index (κ1) is 32.6. The van der Waals surface area contributed by atoms with E-state index in [1.807, 2.05) is 93.3 Å². The zero-order valence-corrected chi connectivity index (χ0v) is 26.5. The third-order valence-corrected chi connectivity index (χ3v) is 7.94. The first-order valence-corrected chi connectivity index (χ1v) is 15.7. The van der Waals surface area contributed by atoms with Crippen LogP contribution in [0.1, 0.15) is 105 Å². The van der Waals surface area contributed by atoms with Crippen LogP contribution < -0.4 is 0 Å². The quantitative estimate of drug-likeness (QED) is 0.203. The Bertz CT molecular complexity index is 1670. The van der Waals surface area contributed by atoms with Crippen molar-refractivity contribution in [3.63, 3.8) is 0 Å². The maximum Gasteiger partial charge on any atom is 0.253 e. The number of nitrogens with zero attached hydrogens (tertiary/aromatic N) is 3. The molecule has 0 saturated carbocycles. The summed E-state index contributed by atoms with van der Waals surface area (Å²) in [6, 6.07) is 18.3. The van der Waals surface area contributed by atoms with Crippen LogP contribution >= 0.6 is 0 Å². The molecule has 1 fully saturated rings. The molecule has 0 bridgehead atoms. The van der Waals surface area contributed by atoms with Gasteiger partial charge in [-0.1, -0.05) is 69.9 Å². The molecule has 6 heteroatoms. The van der Waals surface area contributed by atoms with Gasteiger partial charge < -0.3 is 4.90 Å². The SMILES string of the molecule is C=Cc1cc(F)cc(/C(=C/CC)c2ccc(C(=O)N3CCC(c4nc5ccccc5n4C(C)F)CC3)cc2/C=C/C)c1.CC. The lowest BCUT2D eigenvalue weighted by Crippen LogP contribution is -2.38. The monoisotopic (exact) mass is 595 g/mol. The molecular weight excluding hydrogens is 552 g/mol. The molecule has 2 heterocycles. The van der Waals surface area contributed by atoms with Gasteiger partial charge in [-0.2, -0.15) is 0 Å². The van der Waals surface area contributed by atoms with Crippen LogP contribution in [0.4, 0.5) is 8.78 Å². The van der Waals surface area contributed by atoms with Crippen LogP contribution in [0.5, 0.6) is 0 Å². The lowest BCUT2D eigenvalue weighted by molar-refractivity contribution is 0.0708. The van der Waals surface area contributed by atoms with E-state index in [2.05, 4.69) is 12.7 Å². The molecule has 1 amide bonds. The summed E-state index contributed by atoms with van der Waals surface area (Å²) in [5, 5.41) is 0. The molecule has 1 atom stereocenters. The summed E-state index contributed by atoms with van der Waals surface area (Å²) in [7, 11) is 0. The number of imidazole rings is 1. The van der Waals surface area contributed by atoms with Crippen molar-refractivity contribution in [3.05, 3.63) is 119 Å². The van der Waals surface area contributed by atoms with Crippen LogP contribution in [0.2, 0.25) is 0 Å². The van der Waals surface area contributed by atoms with E-state index in [-0.39, 0.29) is 17.6 Å². The number of aromatic nitrogens is 2. The van der Waals surface area contributed by atoms with Crippen LogP contribution in [0, 0.1) is 5.82 Å². The number of piperidine rings is 1. The second-order valence-electron chi connectivity index (χ2n) is 10.8. The number of carbonyl (C=O) groups is 1. The minimum atomic E-state index is -1.18. The van der Waals surface area contributed by atoms with E-state index >= 15 is 0 Å². The predicted octanol–water partition coefficient (Wildman–Crippen LogP) is 10.2. The molecule has 1 aliphatic heterocycles. The molecule has 3 aromatic carbocycles. The standard InChI is InChI=1S/C36H37F2N3O.C2H6/c1-5-10-27-22-28(14-15-32(27)31(11-6-2)29-20-25(7-3)21-30(38)23-29)36(42)40-18-16-26(17-19-40)35-39-33-12-8-9-13-34(33)41(35)24(4)37;1-2/h5,7-15,20-24,26H,3,6,16-19H2,1-2,4H3;1-2H3/b10-5+,31-11-;. The topological polar surface area (TPSA) is 38.1 Å². The van der Waals surface area contributed by atoms with Gasteiger partial charge in [0.2, 0.25) is 0 Å². The average molecular weight is 596 g/mol. The number of para-hydroxylation sites is 2. The van der Waals surface area contributed by atoms with E-state index in [0.717, 1.165) is 58.4 Å². The van der Waals surface area contributed by atoms with Crippen molar-refractivity contribution in [1.82, 2.24) is 14.5 Å². The molecule has 1 saturated heterocycles. The van der Waals surface area contributed by atoms with Crippen molar-refractivity contribution in [2.24, 2.45) is 0 Å². The van der Waals surface area contributed by atoms with Crippen LogP contribution in [0.3, 0.4) is 0 Å². The third-order valence-electron chi connectivity index (χ3n) is 7.94. The Hall–Kier alpha value is -4.32. The average Bonchev–Trinajstić information content (AvgIpc) is 3.44. The molecular formula is C38H43F2N3O. The summed E-state index contributed by atoms with van der Waals surface area (Å²) in [5.41, 5.74) is 6.43. The Morgan fingerprint density at radius 1 is 1.07 bits per heavy atom. The van der Waals surface area contributed by atoms with E-state index in [0.29, 0.717) is 24.2 Å². The largest absolute Gasteiger partial charge is 0.339 e. The minimum absolute atomic E-state index is 0.0289. The highest BCUT2D eigenvalue weighted by molar-refractivity contribution is 5.96. The fourth-order valence-corrected chi connectivity index (χ4v) is 5.98. The van der Waals surface area contributed by atoms with Gasteiger partial charge in [0.25, 0.3) is 5.91 Å². The van der Waals surface area contributed by atoms with Crippen LogP contribution in [0.25, 0.3) is 28.8 Å². The first-order chi connectivity index (χ1) is 21.3. The number of amides is 1.